The van der Waals surface area contributed by atoms with E-state index in [2.05, 4.69) is 14.8 Å². The van der Waals surface area contributed by atoms with E-state index < -0.39 is 0 Å². The number of fused-ring (bicyclic) bond motifs is 1. The molecule has 32 heavy (non-hydrogen) atoms. The Bertz CT molecular complexity index is 1260. The van der Waals surface area contributed by atoms with Gasteiger partial charge in [-0.25, -0.2) is 9.97 Å². The summed E-state index contributed by atoms with van der Waals surface area (Å²) >= 11 is 0. The molecule has 0 atom stereocenters. The summed E-state index contributed by atoms with van der Waals surface area (Å²) in [5.74, 6) is 0.993. The number of hydrogen-bond acceptors (Lipinski definition) is 7. The number of nitrogens with zero attached hydrogens (tertiary/aromatic N) is 6. The molecule has 0 unspecified atom stereocenters. The molecule has 5 rings (SSSR count). The van der Waals surface area contributed by atoms with Crippen LogP contribution < -0.4 is 10.6 Å². The van der Waals surface area contributed by atoms with Gasteiger partial charge in [0.05, 0.1) is 16.3 Å². The molecule has 1 saturated heterocycles. The summed E-state index contributed by atoms with van der Waals surface area (Å²) in [5, 5.41) is 11.3. The molecule has 0 bridgehead atoms. The normalized spacial score (nSPS) is 14.7. The fourth-order valence-electron chi connectivity index (χ4n) is 4.15. The van der Waals surface area contributed by atoms with Crippen LogP contribution in [0.1, 0.15) is 5.69 Å². The van der Waals surface area contributed by atoms with E-state index in [9.17, 15) is 10.1 Å². The highest BCUT2D eigenvalue weighted by molar-refractivity contribution is 5.69. The van der Waals surface area contributed by atoms with Gasteiger partial charge in [-0.3, -0.25) is 15.0 Å². The topological polar surface area (TPSA) is 106 Å². The van der Waals surface area contributed by atoms with Gasteiger partial charge in [0, 0.05) is 68.5 Å². The zero-order chi connectivity index (χ0) is 22.1. The number of imidazole rings is 1. The van der Waals surface area contributed by atoms with Gasteiger partial charge in [-0.15, -0.1) is 0 Å². The lowest BCUT2D eigenvalue weighted by Gasteiger charge is -2.35. The zero-order valence-electron chi connectivity index (χ0n) is 17.5. The predicted octanol–water partition coefficient (Wildman–Crippen LogP) is 3.21. The van der Waals surface area contributed by atoms with Crippen LogP contribution in [0.4, 0.5) is 17.2 Å². The van der Waals surface area contributed by atoms with Crippen molar-refractivity contribution in [1.29, 1.82) is 0 Å². The molecule has 1 fully saturated rings. The second kappa shape index (κ2) is 8.27. The number of anilines is 2. The molecule has 1 aliphatic heterocycles. The molecule has 4 heterocycles. The maximum absolute atomic E-state index is 11.3. The number of non-ortho nitro benzene ring substituents is 1. The molecular formula is C23H23N7O2. The predicted molar refractivity (Wildman–Crippen MR) is 123 cm³/mol. The molecule has 3 aromatic heterocycles. The van der Waals surface area contributed by atoms with Gasteiger partial charge in [-0.05, 0) is 24.3 Å². The van der Waals surface area contributed by atoms with Crippen molar-refractivity contribution in [2.45, 2.75) is 6.54 Å². The minimum Gasteiger partial charge on any atom is -0.398 e. The molecule has 4 aromatic rings. The van der Waals surface area contributed by atoms with Crippen molar-refractivity contribution in [3.05, 3.63) is 82.8 Å². The van der Waals surface area contributed by atoms with E-state index in [0.717, 1.165) is 54.6 Å². The van der Waals surface area contributed by atoms with E-state index in [1.54, 1.807) is 12.1 Å². The number of nitro benzene ring substituents is 1. The molecule has 162 valence electrons. The summed E-state index contributed by atoms with van der Waals surface area (Å²) in [6.07, 6.45) is 3.68. The quantitative estimate of drug-likeness (QED) is 0.383. The lowest BCUT2D eigenvalue weighted by atomic mass is 10.1. The van der Waals surface area contributed by atoms with Gasteiger partial charge >= 0.3 is 0 Å². The van der Waals surface area contributed by atoms with Crippen LogP contribution in [-0.2, 0) is 6.54 Å². The highest BCUT2D eigenvalue weighted by Gasteiger charge is 2.22. The molecule has 0 amide bonds. The molecule has 0 aliphatic carbocycles. The van der Waals surface area contributed by atoms with E-state index in [4.69, 9.17) is 10.7 Å². The first kappa shape index (κ1) is 20.0. The van der Waals surface area contributed by atoms with Crippen LogP contribution >= 0.6 is 0 Å². The summed E-state index contributed by atoms with van der Waals surface area (Å²) in [5.41, 5.74) is 9.95. The smallest absolute Gasteiger partial charge is 0.270 e. The van der Waals surface area contributed by atoms with Crippen LogP contribution in [0.15, 0.2) is 67.0 Å². The number of rotatable bonds is 5. The third-order valence-corrected chi connectivity index (χ3v) is 5.79. The second-order valence-corrected chi connectivity index (χ2v) is 7.86. The standard InChI is InChI=1S/C23H23N7O2/c24-18-7-8-22-26-23(17-4-3-5-19(14-17)30(31)32)20(29(22)15-18)16-27-10-12-28(13-11-27)21-6-1-2-9-25-21/h1-9,14-15H,10-13,16,24H2. The lowest BCUT2D eigenvalue weighted by Crippen LogP contribution is -2.46. The third-order valence-electron chi connectivity index (χ3n) is 5.79. The van der Waals surface area contributed by atoms with Crippen LogP contribution in [-0.4, -0.2) is 50.4 Å². The number of nitrogen functional groups attached to an aromatic ring is 1. The molecule has 0 saturated carbocycles. The van der Waals surface area contributed by atoms with Gasteiger partial charge in [-0.1, -0.05) is 18.2 Å². The fraction of sp³-hybridized carbons (Fsp3) is 0.217. The molecule has 1 aromatic carbocycles. The Morgan fingerprint density at radius 2 is 1.88 bits per heavy atom. The molecule has 0 radical (unpaired) electrons. The van der Waals surface area contributed by atoms with Crippen molar-refractivity contribution in [2.75, 3.05) is 36.8 Å². The minimum absolute atomic E-state index is 0.0500. The van der Waals surface area contributed by atoms with E-state index in [0.29, 0.717) is 12.2 Å². The summed E-state index contributed by atoms with van der Waals surface area (Å²) < 4.78 is 1.99. The van der Waals surface area contributed by atoms with Crippen LogP contribution in [0, 0.1) is 10.1 Å². The number of hydrogen-bond donors (Lipinski definition) is 1. The van der Waals surface area contributed by atoms with Crippen molar-refractivity contribution >= 4 is 22.8 Å². The van der Waals surface area contributed by atoms with Gasteiger partial charge in [0.15, 0.2) is 0 Å². The number of benzene rings is 1. The van der Waals surface area contributed by atoms with Crippen molar-refractivity contribution in [3.63, 3.8) is 0 Å². The van der Waals surface area contributed by atoms with Crippen LogP contribution in [0.25, 0.3) is 16.9 Å². The van der Waals surface area contributed by atoms with Gasteiger partial charge in [0.25, 0.3) is 5.69 Å². The molecule has 9 nitrogen and oxygen atoms in total. The molecule has 2 N–H and O–H groups in total. The maximum atomic E-state index is 11.3. The average molecular weight is 429 g/mol. The summed E-state index contributed by atoms with van der Waals surface area (Å²) in [6.45, 7) is 4.17. The first-order valence-electron chi connectivity index (χ1n) is 10.5. The lowest BCUT2D eigenvalue weighted by molar-refractivity contribution is -0.384. The van der Waals surface area contributed by atoms with E-state index in [1.165, 1.54) is 6.07 Å². The van der Waals surface area contributed by atoms with Gasteiger partial charge in [-0.2, -0.15) is 0 Å². The first-order valence-corrected chi connectivity index (χ1v) is 10.5. The van der Waals surface area contributed by atoms with Crippen molar-refractivity contribution < 1.29 is 4.92 Å². The van der Waals surface area contributed by atoms with Crippen molar-refractivity contribution in [3.8, 4) is 11.3 Å². The van der Waals surface area contributed by atoms with E-state index in [-0.39, 0.29) is 10.6 Å². The van der Waals surface area contributed by atoms with Gasteiger partial charge in [0.1, 0.15) is 11.5 Å². The number of nitrogens with two attached hydrogens (primary N) is 1. The van der Waals surface area contributed by atoms with Crippen LogP contribution in [0.5, 0.6) is 0 Å². The summed E-state index contributed by atoms with van der Waals surface area (Å²) in [6, 6.07) is 16.3. The van der Waals surface area contributed by atoms with Crippen LogP contribution in [0.2, 0.25) is 0 Å². The number of pyridine rings is 2. The highest BCUT2D eigenvalue weighted by Crippen LogP contribution is 2.29. The first-order chi connectivity index (χ1) is 15.6. The molecule has 0 spiro atoms. The Balaban J connectivity index is 1.45. The summed E-state index contributed by atoms with van der Waals surface area (Å²) in [7, 11) is 0. The molecule has 1 aliphatic rings. The van der Waals surface area contributed by atoms with Crippen LogP contribution in [0.3, 0.4) is 0 Å². The largest absolute Gasteiger partial charge is 0.398 e. The fourth-order valence-corrected chi connectivity index (χ4v) is 4.15. The third kappa shape index (κ3) is 3.85. The molecule has 9 heteroatoms. The summed E-state index contributed by atoms with van der Waals surface area (Å²) in [4.78, 5) is 24.8. The Labute approximate surface area is 184 Å². The average Bonchev–Trinajstić information content (AvgIpc) is 3.17. The number of aromatic nitrogens is 3. The Kier molecular flexibility index (Phi) is 5.16. The maximum Gasteiger partial charge on any atom is 0.270 e. The Hall–Kier alpha value is -3.98. The Morgan fingerprint density at radius 3 is 2.62 bits per heavy atom. The van der Waals surface area contributed by atoms with E-state index >= 15 is 0 Å². The Morgan fingerprint density at radius 1 is 1.03 bits per heavy atom. The highest BCUT2D eigenvalue weighted by atomic mass is 16.6. The van der Waals surface area contributed by atoms with Gasteiger partial charge in [0.2, 0.25) is 0 Å². The van der Waals surface area contributed by atoms with Crippen molar-refractivity contribution in [2.24, 2.45) is 0 Å². The van der Waals surface area contributed by atoms with E-state index in [1.807, 2.05) is 53.2 Å². The SMILES string of the molecule is Nc1ccc2nc(-c3cccc([N+](=O)[O-])c3)c(CN3CCN(c4ccccn4)CC3)n2c1. The van der Waals surface area contributed by atoms with Gasteiger partial charge < -0.3 is 15.0 Å². The number of nitro groups is 1. The molecular weight excluding hydrogens is 406 g/mol. The monoisotopic (exact) mass is 429 g/mol. The zero-order valence-corrected chi connectivity index (χ0v) is 17.5. The second-order valence-electron chi connectivity index (χ2n) is 7.86. The number of piperazine rings is 1. The minimum atomic E-state index is -0.381. The van der Waals surface area contributed by atoms with Crippen molar-refractivity contribution in [1.82, 2.24) is 19.3 Å².